The number of halogens is 2. The van der Waals surface area contributed by atoms with Crippen molar-refractivity contribution in [2.75, 3.05) is 17.3 Å². The van der Waals surface area contributed by atoms with Gasteiger partial charge in [-0.1, -0.05) is 49.9 Å². The van der Waals surface area contributed by atoms with Gasteiger partial charge in [-0.3, -0.25) is 14.4 Å². The van der Waals surface area contributed by atoms with E-state index in [2.05, 4.69) is 24.9 Å². The molecule has 1 aliphatic heterocycles. The zero-order valence-corrected chi connectivity index (χ0v) is 28.9. The van der Waals surface area contributed by atoms with Gasteiger partial charge in [0.2, 0.25) is 0 Å². The fourth-order valence-electron chi connectivity index (χ4n) is 5.85. The molecule has 3 unspecified atom stereocenters. The molecule has 0 radical (unpaired) electrons. The van der Waals surface area contributed by atoms with Crippen LogP contribution in [0.15, 0.2) is 39.8 Å². The number of aliphatic hydroxyl groups is 1. The first kappa shape index (κ1) is 37.2. The van der Waals surface area contributed by atoms with Crippen LogP contribution >= 0.6 is 23.4 Å². The van der Waals surface area contributed by atoms with Crippen molar-refractivity contribution in [1.82, 2.24) is 0 Å². The van der Waals surface area contributed by atoms with Crippen LogP contribution in [-0.4, -0.2) is 52.1 Å². The van der Waals surface area contributed by atoms with Gasteiger partial charge in [0.1, 0.15) is 23.9 Å². The topological polar surface area (TPSA) is 106 Å². The maximum absolute atomic E-state index is 14.4. The standard InChI is InChI=1S/C18H15ClFNO3.C17H29NO3S/c1-3-10(2)24-16-9-15(14(20)8-13(16)19)21-17(22)11-6-4-5-7-12(11)18(21)23;1-5-8-14(18-21-6-2)17-15(19)10-13(11-16(17)20)9-12(4)22-7-3/h1,8-10H,4-7H2,2H3;12-13,19H,5-11H2,1-4H3/b;18-14+. The molecule has 0 aromatic heterocycles. The highest BCUT2D eigenvalue weighted by molar-refractivity contribution is 7.99. The van der Waals surface area contributed by atoms with Crippen LogP contribution in [0.4, 0.5) is 10.1 Å². The van der Waals surface area contributed by atoms with Crippen LogP contribution in [0.1, 0.15) is 92.4 Å². The predicted molar refractivity (Wildman–Crippen MR) is 182 cm³/mol. The average Bonchev–Trinajstić information content (AvgIpc) is 3.26. The summed E-state index contributed by atoms with van der Waals surface area (Å²) in [5.74, 6) is 2.33. The molecule has 0 fully saturated rings. The van der Waals surface area contributed by atoms with Gasteiger partial charge in [-0.05, 0) is 70.1 Å². The van der Waals surface area contributed by atoms with E-state index >= 15 is 0 Å². The Bertz CT molecular complexity index is 1420. The minimum Gasteiger partial charge on any atom is -0.511 e. The third-order valence-corrected chi connectivity index (χ3v) is 9.28. The van der Waals surface area contributed by atoms with E-state index in [1.807, 2.05) is 25.6 Å². The summed E-state index contributed by atoms with van der Waals surface area (Å²) in [7, 11) is 0. The van der Waals surface area contributed by atoms with Crippen molar-refractivity contribution < 1.29 is 33.5 Å². The van der Waals surface area contributed by atoms with E-state index < -0.39 is 23.7 Å². The highest BCUT2D eigenvalue weighted by atomic mass is 35.5. The maximum Gasteiger partial charge on any atom is 0.261 e. The van der Waals surface area contributed by atoms with Crippen LogP contribution in [0.25, 0.3) is 0 Å². The number of carbonyl (C=O) groups is 3. The Morgan fingerprint density at radius 2 is 1.80 bits per heavy atom. The van der Waals surface area contributed by atoms with Crippen LogP contribution in [0.3, 0.4) is 0 Å². The normalized spacial score (nSPS) is 19.8. The first-order chi connectivity index (χ1) is 22.0. The minimum atomic E-state index is -0.762. The molecule has 250 valence electrons. The summed E-state index contributed by atoms with van der Waals surface area (Å²) >= 11 is 7.87. The van der Waals surface area contributed by atoms with Gasteiger partial charge in [0, 0.05) is 35.3 Å². The molecule has 0 spiro atoms. The predicted octanol–water partition coefficient (Wildman–Crippen LogP) is 8.13. The van der Waals surface area contributed by atoms with Crippen molar-refractivity contribution >= 4 is 52.4 Å². The molecule has 1 aromatic rings. The number of hydrogen-bond acceptors (Lipinski definition) is 8. The van der Waals surface area contributed by atoms with Crippen molar-refractivity contribution in [3.05, 3.63) is 45.5 Å². The van der Waals surface area contributed by atoms with Gasteiger partial charge in [-0.15, -0.1) is 6.42 Å². The summed E-state index contributed by atoms with van der Waals surface area (Å²) in [6.07, 6.45) is 11.0. The highest BCUT2D eigenvalue weighted by Crippen LogP contribution is 2.40. The van der Waals surface area contributed by atoms with E-state index in [1.165, 1.54) is 6.07 Å². The van der Waals surface area contributed by atoms with Gasteiger partial charge < -0.3 is 14.7 Å². The monoisotopic (exact) mass is 674 g/mol. The van der Waals surface area contributed by atoms with Crippen molar-refractivity contribution in [3.8, 4) is 18.1 Å². The van der Waals surface area contributed by atoms with Crippen LogP contribution in [-0.2, 0) is 19.2 Å². The third kappa shape index (κ3) is 9.16. The Labute approximate surface area is 280 Å². The van der Waals surface area contributed by atoms with E-state index in [1.54, 1.807) is 6.92 Å². The number of hydrogen-bond donors (Lipinski definition) is 1. The maximum atomic E-state index is 14.4. The second-order valence-electron chi connectivity index (χ2n) is 11.5. The van der Waals surface area contributed by atoms with Gasteiger partial charge in [-0.2, -0.15) is 11.8 Å². The summed E-state index contributed by atoms with van der Waals surface area (Å²) in [6, 6.07) is 2.27. The average molecular weight is 675 g/mol. The molecule has 3 aliphatic rings. The largest absolute Gasteiger partial charge is 0.511 e. The molecule has 0 saturated heterocycles. The van der Waals surface area contributed by atoms with Crippen LogP contribution in [0.5, 0.6) is 5.75 Å². The number of Topliss-reactive ketones (excluding diaryl/α,β-unsaturated/α-hetero) is 1. The van der Waals surface area contributed by atoms with Crippen LogP contribution < -0.4 is 9.64 Å². The van der Waals surface area contributed by atoms with Crippen LogP contribution in [0, 0.1) is 24.1 Å². The Morgan fingerprint density at radius 3 is 2.35 bits per heavy atom. The minimum absolute atomic E-state index is 0.00866. The number of carbonyl (C=O) groups excluding carboxylic acids is 3. The Balaban J connectivity index is 0.000000252. The molecule has 2 aliphatic carbocycles. The number of amides is 2. The lowest BCUT2D eigenvalue weighted by Gasteiger charge is -2.25. The first-order valence-electron chi connectivity index (χ1n) is 16.0. The second-order valence-corrected chi connectivity index (χ2v) is 13.6. The summed E-state index contributed by atoms with van der Waals surface area (Å²) in [5, 5.41) is 15.0. The Morgan fingerprint density at radius 1 is 1.15 bits per heavy atom. The third-order valence-electron chi connectivity index (χ3n) is 7.89. The number of nitrogens with zero attached hydrogens (tertiary/aromatic N) is 2. The molecule has 11 heteroatoms. The number of ketones is 1. The fraction of sp³-hybridized carbons (Fsp3) is 0.543. The number of benzene rings is 1. The lowest BCUT2D eigenvalue weighted by molar-refractivity contribution is -0.121. The van der Waals surface area contributed by atoms with E-state index in [-0.39, 0.29) is 33.9 Å². The number of anilines is 1. The first-order valence-corrected chi connectivity index (χ1v) is 17.4. The van der Waals surface area contributed by atoms with Crippen molar-refractivity contribution in [1.29, 1.82) is 0 Å². The van der Waals surface area contributed by atoms with Gasteiger partial charge in [0.25, 0.3) is 11.8 Å². The zero-order chi connectivity index (χ0) is 34.0. The van der Waals surface area contributed by atoms with Gasteiger partial charge in [0.05, 0.1) is 22.0 Å². The summed E-state index contributed by atoms with van der Waals surface area (Å²) in [4.78, 5) is 43.6. The van der Waals surface area contributed by atoms with Crippen molar-refractivity contribution in [2.45, 2.75) is 104 Å². The second kappa shape index (κ2) is 17.6. The zero-order valence-electron chi connectivity index (χ0n) is 27.3. The number of thioether (sulfide) groups is 1. The molecule has 1 aromatic carbocycles. The molecule has 46 heavy (non-hydrogen) atoms. The smallest absolute Gasteiger partial charge is 0.261 e. The number of allylic oxidation sites excluding steroid dienone is 2. The molecule has 1 heterocycles. The molecule has 2 amide bonds. The Kier molecular flexibility index (Phi) is 14.2. The number of terminal acetylenes is 1. The number of ether oxygens (including phenoxy) is 1. The van der Waals surface area contributed by atoms with Crippen LogP contribution in [0.2, 0.25) is 5.02 Å². The summed E-state index contributed by atoms with van der Waals surface area (Å²) in [5.41, 5.74) is 1.81. The van der Waals surface area contributed by atoms with E-state index in [9.17, 15) is 23.9 Å². The van der Waals surface area contributed by atoms with E-state index in [0.29, 0.717) is 66.4 Å². The Hall–Kier alpha value is -3.29. The lowest BCUT2D eigenvalue weighted by atomic mass is 9.82. The summed E-state index contributed by atoms with van der Waals surface area (Å²) in [6.45, 7) is 10.3. The van der Waals surface area contributed by atoms with Gasteiger partial charge in [-0.25, -0.2) is 9.29 Å². The highest BCUT2D eigenvalue weighted by Gasteiger charge is 2.41. The fourth-order valence-corrected chi connectivity index (χ4v) is 7.02. The number of aliphatic hydroxyl groups excluding tert-OH is 1. The molecule has 8 nitrogen and oxygen atoms in total. The molecule has 0 bridgehead atoms. The van der Waals surface area contributed by atoms with E-state index in [0.717, 1.165) is 42.4 Å². The number of oxime groups is 1. The molecule has 0 saturated carbocycles. The van der Waals surface area contributed by atoms with Crippen molar-refractivity contribution in [3.63, 3.8) is 0 Å². The van der Waals surface area contributed by atoms with Gasteiger partial charge in [0.15, 0.2) is 11.9 Å². The molecular formula is C35H44ClFN2O6S. The van der Waals surface area contributed by atoms with E-state index in [4.69, 9.17) is 27.6 Å². The molecular weight excluding hydrogens is 631 g/mol. The molecule has 4 rings (SSSR count). The van der Waals surface area contributed by atoms with Gasteiger partial charge >= 0.3 is 0 Å². The molecule has 1 N–H and O–H groups in total. The lowest BCUT2D eigenvalue weighted by Crippen LogP contribution is -2.32. The summed E-state index contributed by atoms with van der Waals surface area (Å²) < 4.78 is 19.8. The quantitative estimate of drug-likeness (QED) is 0.103. The van der Waals surface area contributed by atoms with Crippen molar-refractivity contribution in [2.24, 2.45) is 11.1 Å². The molecule has 3 atom stereocenters. The number of rotatable bonds is 12. The number of imide groups is 1. The SMILES string of the molecule is C#CC(C)Oc1cc(N2C(=O)C3=C(CCCC3)C2=O)c(F)cc1Cl.CCC/C(=N\OCC)C1=C(O)CC(CC(C)SCC)CC1=O.